The van der Waals surface area contributed by atoms with Gasteiger partial charge < -0.3 is 5.11 Å². The Bertz CT molecular complexity index is 562. The van der Waals surface area contributed by atoms with E-state index in [1.807, 2.05) is 0 Å². The zero-order chi connectivity index (χ0) is 15.5. The van der Waals surface area contributed by atoms with Crippen LogP contribution in [0.15, 0.2) is 24.3 Å². The highest BCUT2D eigenvalue weighted by atomic mass is 32.2. The maximum Gasteiger partial charge on any atom is 0.280 e. The minimum atomic E-state index is -3.61. The molecule has 1 saturated heterocycles. The maximum absolute atomic E-state index is 12.9. The van der Waals surface area contributed by atoms with Crippen molar-refractivity contribution in [1.29, 1.82) is 0 Å². The zero-order valence-electron chi connectivity index (χ0n) is 12.0. The summed E-state index contributed by atoms with van der Waals surface area (Å²) in [5.41, 5.74) is 0.704. The lowest BCUT2D eigenvalue weighted by molar-refractivity contribution is 0.164. The van der Waals surface area contributed by atoms with Gasteiger partial charge in [-0.15, -0.1) is 0 Å². The number of nitrogens with zero attached hydrogens (tertiary/aromatic N) is 1. The molecular weight excluding hydrogens is 295 g/mol. The molecule has 0 spiro atoms. The van der Waals surface area contributed by atoms with E-state index in [-0.39, 0.29) is 18.3 Å². The largest absolute Gasteiger partial charge is 0.396 e. The predicted octanol–water partition coefficient (Wildman–Crippen LogP) is 1.43. The van der Waals surface area contributed by atoms with Gasteiger partial charge in [-0.3, -0.25) is 0 Å². The van der Waals surface area contributed by atoms with Crippen molar-refractivity contribution in [3.63, 3.8) is 0 Å². The summed E-state index contributed by atoms with van der Waals surface area (Å²) < 4.78 is 41.6. The summed E-state index contributed by atoms with van der Waals surface area (Å²) in [6.45, 7) is 2.52. The van der Waals surface area contributed by atoms with E-state index >= 15 is 0 Å². The van der Waals surface area contributed by atoms with Gasteiger partial charge in [0, 0.05) is 25.7 Å². The van der Waals surface area contributed by atoms with Crippen molar-refractivity contribution in [3.05, 3.63) is 35.6 Å². The first-order valence-corrected chi connectivity index (χ1v) is 8.50. The molecule has 118 valence electrons. The fourth-order valence-corrected chi connectivity index (χ4v) is 4.02. The van der Waals surface area contributed by atoms with Gasteiger partial charge in [0.2, 0.25) is 0 Å². The minimum Gasteiger partial charge on any atom is -0.396 e. The van der Waals surface area contributed by atoms with Crippen LogP contribution in [0.1, 0.15) is 31.4 Å². The van der Waals surface area contributed by atoms with Gasteiger partial charge >= 0.3 is 0 Å². The highest BCUT2D eigenvalue weighted by Crippen LogP contribution is 2.20. The highest BCUT2D eigenvalue weighted by molar-refractivity contribution is 7.87. The van der Waals surface area contributed by atoms with Crippen molar-refractivity contribution in [2.75, 3.05) is 19.7 Å². The minimum absolute atomic E-state index is 0.000461. The van der Waals surface area contributed by atoms with E-state index in [0.29, 0.717) is 18.7 Å². The summed E-state index contributed by atoms with van der Waals surface area (Å²) in [5.74, 6) is -0.355. The highest BCUT2D eigenvalue weighted by Gasteiger charge is 2.29. The van der Waals surface area contributed by atoms with Crippen LogP contribution in [0.2, 0.25) is 0 Å². The molecule has 2 rings (SSSR count). The van der Waals surface area contributed by atoms with Gasteiger partial charge in [-0.05, 0) is 43.4 Å². The Labute approximate surface area is 125 Å². The molecule has 1 heterocycles. The number of halogens is 1. The van der Waals surface area contributed by atoms with Crippen LogP contribution in [0.4, 0.5) is 4.39 Å². The second kappa shape index (κ2) is 6.83. The molecule has 7 heteroatoms. The van der Waals surface area contributed by atoms with E-state index in [1.165, 1.54) is 16.4 Å². The summed E-state index contributed by atoms with van der Waals surface area (Å²) in [5, 5.41) is 9.18. The van der Waals surface area contributed by atoms with Gasteiger partial charge in [-0.1, -0.05) is 12.1 Å². The Morgan fingerprint density at radius 2 is 2.10 bits per heavy atom. The molecule has 1 aliphatic heterocycles. The number of hydrogen-bond donors (Lipinski definition) is 2. The van der Waals surface area contributed by atoms with E-state index in [2.05, 4.69) is 4.72 Å². The van der Waals surface area contributed by atoms with Crippen LogP contribution in [-0.4, -0.2) is 37.5 Å². The number of hydrogen-bond acceptors (Lipinski definition) is 3. The van der Waals surface area contributed by atoms with E-state index in [4.69, 9.17) is 0 Å². The van der Waals surface area contributed by atoms with Gasteiger partial charge in [-0.25, -0.2) is 4.39 Å². The Kier molecular flexibility index (Phi) is 5.32. The third kappa shape index (κ3) is 4.23. The SMILES string of the molecule is CC(NS(=O)(=O)N1CCCC(CO)C1)c1ccc(F)cc1. The summed E-state index contributed by atoms with van der Waals surface area (Å²) in [6, 6.07) is 5.31. The molecule has 5 nitrogen and oxygen atoms in total. The Balaban J connectivity index is 2.04. The van der Waals surface area contributed by atoms with Gasteiger partial charge in [0.1, 0.15) is 5.82 Å². The predicted molar refractivity (Wildman–Crippen MR) is 78.3 cm³/mol. The standard InChI is InChI=1S/C14H21FN2O3S/c1-11(13-4-6-14(15)7-5-13)16-21(19,20)17-8-2-3-12(9-17)10-18/h4-7,11-12,16,18H,2-3,8-10H2,1H3. The van der Waals surface area contributed by atoms with Crippen LogP contribution in [0.25, 0.3) is 0 Å². The van der Waals surface area contributed by atoms with Crippen LogP contribution < -0.4 is 4.72 Å². The molecule has 1 aliphatic rings. The topological polar surface area (TPSA) is 69.6 Å². The van der Waals surface area contributed by atoms with Gasteiger partial charge in [-0.2, -0.15) is 17.4 Å². The average Bonchev–Trinajstić information content (AvgIpc) is 2.47. The molecule has 2 N–H and O–H groups in total. The van der Waals surface area contributed by atoms with Crippen molar-refractivity contribution in [2.45, 2.75) is 25.8 Å². The van der Waals surface area contributed by atoms with E-state index in [0.717, 1.165) is 12.8 Å². The molecule has 0 amide bonds. The summed E-state index contributed by atoms with van der Waals surface area (Å²) in [7, 11) is -3.61. The molecule has 2 atom stereocenters. The second-order valence-corrected chi connectivity index (χ2v) is 7.15. The van der Waals surface area contributed by atoms with E-state index < -0.39 is 16.3 Å². The number of piperidine rings is 1. The molecule has 1 aromatic rings. The third-order valence-corrected chi connectivity index (χ3v) is 5.44. The van der Waals surface area contributed by atoms with Crippen LogP contribution in [0.3, 0.4) is 0 Å². The molecule has 21 heavy (non-hydrogen) atoms. The number of aliphatic hydroxyl groups is 1. The van der Waals surface area contributed by atoms with Crippen molar-refractivity contribution in [1.82, 2.24) is 9.03 Å². The first kappa shape index (κ1) is 16.4. The Morgan fingerprint density at radius 3 is 2.71 bits per heavy atom. The van der Waals surface area contributed by atoms with Crippen LogP contribution >= 0.6 is 0 Å². The Hall–Kier alpha value is -1.02. The van der Waals surface area contributed by atoms with E-state index in [9.17, 15) is 17.9 Å². The maximum atomic E-state index is 12.9. The molecule has 1 fully saturated rings. The quantitative estimate of drug-likeness (QED) is 0.863. The molecule has 0 aliphatic carbocycles. The van der Waals surface area contributed by atoms with Crippen LogP contribution in [0, 0.1) is 11.7 Å². The first-order valence-electron chi connectivity index (χ1n) is 7.06. The number of benzene rings is 1. The molecule has 0 aromatic heterocycles. The number of nitrogens with one attached hydrogen (secondary N) is 1. The third-order valence-electron chi connectivity index (χ3n) is 3.78. The molecule has 0 saturated carbocycles. The normalized spacial score (nSPS) is 22.1. The molecule has 0 radical (unpaired) electrons. The lowest BCUT2D eigenvalue weighted by Crippen LogP contribution is -2.47. The zero-order valence-corrected chi connectivity index (χ0v) is 12.8. The lowest BCUT2D eigenvalue weighted by atomic mass is 10.0. The van der Waals surface area contributed by atoms with Gasteiger partial charge in [0.15, 0.2) is 0 Å². The number of aliphatic hydroxyl groups excluding tert-OH is 1. The fourth-order valence-electron chi connectivity index (χ4n) is 2.51. The molecule has 2 unspecified atom stereocenters. The number of rotatable bonds is 5. The summed E-state index contributed by atoms with van der Waals surface area (Å²) >= 11 is 0. The van der Waals surface area contributed by atoms with Crippen LogP contribution in [0.5, 0.6) is 0 Å². The first-order chi connectivity index (χ1) is 9.92. The van der Waals surface area contributed by atoms with Gasteiger partial charge in [0.05, 0.1) is 0 Å². The fraction of sp³-hybridized carbons (Fsp3) is 0.571. The van der Waals surface area contributed by atoms with Crippen molar-refractivity contribution < 1.29 is 17.9 Å². The van der Waals surface area contributed by atoms with Crippen LogP contribution in [-0.2, 0) is 10.2 Å². The molecular formula is C14H21FN2O3S. The summed E-state index contributed by atoms with van der Waals surface area (Å²) in [4.78, 5) is 0. The smallest absolute Gasteiger partial charge is 0.280 e. The monoisotopic (exact) mass is 316 g/mol. The van der Waals surface area contributed by atoms with Gasteiger partial charge in [0.25, 0.3) is 10.2 Å². The van der Waals surface area contributed by atoms with E-state index in [1.54, 1.807) is 19.1 Å². The van der Waals surface area contributed by atoms with Crippen molar-refractivity contribution in [2.24, 2.45) is 5.92 Å². The lowest BCUT2D eigenvalue weighted by Gasteiger charge is -2.31. The summed E-state index contributed by atoms with van der Waals surface area (Å²) in [6.07, 6.45) is 1.59. The average molecular weight is 316 g/mol. The van der Waals surface area contributed by atoms with Crippen molar-refractivity contribution >= 4 is 10.2 Å². The van der Waals surface area contributed by atoms with Crippen molar-refractivity contribution in [3.8, 4) is 0 Å². The molecule has 1 aromatic carbocycles. The Morgan fingerprint density at radius 1 is 1.43 bits per heavy atom. The second-order valence-electron chi connectivity index (χ2n) is 5.44. The molecule has 0 bridgehead atoms.